The Morgan fingerprint density at radius 2 is 2.03 bits per heavy atom. The number of carboxylic acid groups (broad SMARTS) is 1. The van der Waals surface area contributed by atoms with Gasteiger partial charge in [0.25, 0.3) is 0 Å². The molecule has 0 saturated heterocycles. The van der Waals surface area contributed by atoms with Crippen molar-refractivity contribution in [1.82, 2.24) is 4.98 Å². The number of halogens is 1. The van der Waals surface area contributed by atoms with Gasteiger partial charge in [-0.15, -0.1) is 11.3 Å². The van der Waals surface area contributed by atoms with Crippen LogP contribution in [-0.2, 0) is 16.0 Å². The molecule has 0 unspecified atom stereocenters. The van der Waals surface area contributed by atoms with E-state index in [0.29, 0.717) is 21.4 Å². The molecule has 8 heteroatoms. The van der Waals surface area contributed by atoms with E-state index in [-0.39, 0.29) is 12.8 Å². The highest BCUT2D eigenvalue weighted by Crippen LogP contribution is 2.30. The van der Waals surface area contributed by atoms with Gasteiger partial charge in [0.2, 0.25) is 5.91 Å². The van der Waals surface area contributed by atoms with E-state index in [9.17, 15) is 14.7 Å². The highest BCUT2D eigenvalue weighted by molar-refractivity contribution is 7.14. The van der Waals surface area contributed by atoms with Crippen LogP contribution in [0.3, 0.4) is 0 Å². The standard InChI is InChI=1S/C21H16ClN3O3S/c22-17-7-2-1-6-16(17)18-12-29-21(24-18)25-20(28)15(10-19(26)27)9-13-4-3-5-14(8-13)11-23/h1-8,12,15H,9-10H2,(H,26,27)(H,24,25,28)/t15-/m1/s1. The van der Waals surface area contributed by atoms with Gasteiger partial charge in [-0.25, -0.2) is 4.98 Å². The molecule has 3 rings (SSSR count). The zero-order valence-electron chi connectivity index (χ0n) is 15.1. The lowest BCUT2D eigenvalue weighted by molar-refractivity contribution is -0.140. The van der Waals surface area contributed by atoms with E-state index >= 15 is 0 Å². The van der Waals surface area contributed by atoms with Crippen LogP contribution < -0.4 is 5.32 Å². The first-order valence-electron chi connectivity index (χ1n) is 8.68. The average Bonchev–Trinajstić information content (AvgIpc) is 3.15. The molecule has 0 aliphatic heterocycles. The Labute approximate surface area is 176 Å². The molecule has 2 aromatic carbocycles. The molecule has 1 atom stereocenters. The molecular weight excluding hydrogens is 410 g/mol. The van der Waals surface area contributed by atoms with Crippen LogP contribution in [0.25, 0.3) is 11.3 Å². The monoisotopic (exact) mass is 425 g/mol. The van der Waals surface area contributed by atoms with Gasteiger partial charge < -0.3 is 10.4 Å². The van der Waals surface area contributed by atoms with Crippen LogP contribution in [0.5, 0.6) is 0 Å². The predicted octanol–water partition coefficient (Wildman–Crippen LogP) is 4.61. The summed E-state index contributed by atoms with van der Waals surface area (Å²) in [7, 11) is 0. The van der Waals surface area contributed by atoms with Gasteiger partial charge in [-0.05, 0) is 30.2 Å². The van der Waals surface area contributed by atoms with Gasteiger partial charge in [0.1, 0.15) is 0 Å². The van der Waals surface area contributed by atoms with E-state index < -0.39 is 17.8 Å². The Balaban J connectivity index is 1.76. The zero-order valence-corrected chi connectivity index (χ0v) is 16.7. The fraction of sp³-hybridized carbons (Fsp3) is 0.143. The second-order valence-electron chi connectivity index (χ2n) is 6.32. The molecule has 0 saturated carbocycles. The van der Waals surface area contributed by atoms with Gasteiger partial charge >= 0.3 is 5.97 Å². The number of carbonyl (C=O) groups excluding carboxylic acids is 1. The highest BCUT2D eigenvalue weighted by Gasteiger charge is 2.23. The molecule has 146 valence electrons. The summed E-state index contributed by atoms with van der Waals surface area (Å²) < 4.78 is 0. The average molecular weight is 426 g/mol. The summed E-state index contributed by atoms with van der Waals surface area (Å²) in [5, 5.41) is 23.6. The van der Waals surface area contributed by atoms with Crippen molar-refractivity contribution in [2.75, 3.05) is 5.32 Å². The van der Waals surface area contributed by atoms with Crippen LogP contribution in [0.1, 0.15) is 17.5 Å². The third-order valence-corrected chi connectivity index (χ3v) is 5.30. The highest BCUT2D eigenvalue weighted by atomic mass is 35.5. The van der Waals surface area contributed by atoms with E-state index in [1.165, 1.54) is 11.3 Å². The molecule has 0 spiro atoms. The molecule has 0 aliphatic carbocycles. The topological polar surface area (TPSA) is 103 Å². The number of nitriles is 1. The van der Waals surface area contributed by atoms with Gasteiger partial charge in [-0.3, -0.25) is 9.59 Å². The summed E-state index contributed by atoms with van der Waals surface area (Å²) in [5.41, 5.74) is 2.57. The number of carbonyl (C=O) groups is 2. The number of nitrogens with zero attached hydrogens (tertiary/aromatic N) is 2. The quantitative estimate of drug-likeness (QED) is 0.575. The summed E-state index contributed by atoms with van der Waals surface area (Å²) in [6, 6.07) is 16.1. The Bertz CT molecular complexity index is 1090. The number of nitrogens with one attached hydrogen (secondary N) is 1. The molecule has 0 fully saturated rings. The van der Waals surface area contributed by atoms with Crippen molar-refractivity contribution in [3.63, 3.8) is 0 Å². The molecule has 0 radical (unpaired) electrons. The molecule has 2 N–H and O–H groups in total. The van der Waals surface area contributed by atoms with Crippen molar-refractivity contribution in [2.45, 2.75) is 12.8 Å². The van der Waals surface area contributed by atoms with Crippen LogP contribution in [0.2, 0.25) is 5.02 Å². The van der Waals surface area contributed by atoms with Crippen molar-refractivity contribution >= 4 is 39.9 Å². The molecule has 1 aromatic heterocycles. The Hall–Kier alpha value is -3.21. The first kappa shape index (κ1) is 20.5. The lowest BCUT2D eigenvalue weighted by Gasteiger charge is -2.14. The number of thiazole rings is 1. The van der Waals surface area contributed by atoms with E-state index in [2.05, 4.69) is 10.3 Å². The number of amides is 1. The van der Waals surface area contributed by atoms with Crippen LogP contribution in [-0.4, -0.2) is 22.0 Å². The van der Waals surface area contributed by atoms with E-state index in [4.69, 9.17) is 16.9 Å². The Morgan fingerprint density at radius 1 is 1.24 bits per heavy atom. The molecule has 1 amide bonds. The molecule has 6 nitrogen and oxygen atoms in total. The number of aliphatic carboxylic acids is 1. The van der Waals surface area contributed by atoms with Crippen molar-refractivity contribution in [2.24, 2.45) is 5.92 Å². The minimum atomic E-state index is -1.07. The van der Waals surface area contributed by atoms with Crippen LogP contribution in [0.15, 0.2) is 53.9 Å². The SMILES string of the molecule is N#Cc1cccc(C[C@H](CC(=O)O)C(=O)Nc2nc(-c3ccccc3Cl)cs2)c1. The summed E-state index contributed by atoms with van der Waals surface area (Å²) in [6.07, 6.45) is -0.123. The fourth-order valence-electron chi connectivity index (χ4n) is 2.85. The van der Waals surface area contributed by atoms with Crippen LogP contribution in [0, 0.1) is 17.2 Å². The maximum atomic E-state index is 12.7. The first-order chi connectivity index (χ1) is 14.0. The lowest BCUT2D eigenvalue weighted by atomic mass is 9.94. The first-order valence-corrected chi connectivity index (χ1v) is 9.94. The van der Waals surface area contributed by atoms with Crippen molar-refractivity contribution in [3.05, 3.63) is 70.1 Å². The molecule has 3 aromatic rings. The van der Waals surface area contributed by atoms with Crippen LogP contribution >= 0.6 is 22.9 Å². The van der Waals surface area contributed by atoms with Crippen LogP contribution in [0.4, 0.5) is 5.13 Å². The molecule has 0 bridgehead atoms. The predicted molar refractivity (Wildman–Crippen MR) is 112 cm³/mol. The van der Waals surface area contributed by atoms with Crippen molar-refractivity contribution < 1.29 is 14.7 Å². The van der Waals surface area contributed by atoms with E-state index in [1.54, 1.807) is 35.7 Å². The Kier molecular flexibility index (Phi) is 6.60. The summed E-state index contributed by atoms with van der Waals surface area (Å²) in [5.74, 6) is -2.30. The number of benzene rings is 2. The van der Waals surface area contributed by atoms with E-state index in [0.717, 1.165) is 11.1 Å². The third-order valence-electron chi connectivity index (χ3n) is 4.21. The van der Waals surface area contributed by atoms with Gasteiger partial charge in [0.05, 0.1) is 29.7 Å². The second-order valence-corrected chi connectivity index (χ2v) is 7.58. The van der Waals surface area contributed by atoms with Crippen molar-refractivity contribution in [1.29, 1.82) is 5.26 Å². The van der Waals surface area contributed by atoms with Gasteiger partial charge in [0.15, 0.2) is 5.13 Å². The number of anilines is 1. The van der Waals surface area contributed by atoms with Crippen molar-refractivity contribution in [3.8, 4) is 17.3 Å². The number of carboxylic acids is 1. The Morgan fingerprint density at radius 3 is 2.76 bits per heavy atom. The second kappa shape index (κ2) is 9.32. The summed E-state index contributed by atoms with van der Waals surface area (Å²) in [6.45, 7) is 0. The summed E-state index contributed by atoms with van der Waals surface area (Å²) >= 11 is 7.42. The normalized spacial score (nSPS) is 11.4. The zero-order chi connectivity index (χ0) is 20.8. The maximum Gasteiger partial charge on any atom is 0.304 e. The minimum absolute atomic E-state index is 0.205. The smallest absolute Gasteiger partial charge is 0.304 e. The molecule has 29 heavy (non-hydrogen) atoms. The fourth-order valence-corrected chi connectivity index (χ4v) is 3.80. The number of hydrogen-bond acceptors (Lipinski definition) is 5. The van der Waals surface area contributed by atoms with E-state index in [1.807, 2.05) is 24.3 Å². The lowest BCUT2D eigenvalue weighted by Crippen LogP contribution is -2.27. The molecular formula is C21H16ClN3O3S. The third kappa shape index (κ3) is 5.41. The number of rotatable bonds is 7. The largest absolute Gasteiger partial charge is 0.481 e. The van der Waals surface area contributed by atoms with Gasteiger partial charge in [0, 0.05) is 16.0 Å². The minimum Gasteiger partial charge on any atom is -0.481 e. The summed E-state index contributed by atoms with van der Waals surface area (Å²) in [4.78, 5) is 28.4. The maximum absolute atomic E-state index is 12.7. The number of hydrogen-bond donors (Lipinski definition) is 2. The molecule has 1 heterocycles. The molecule has 0 aliphatic rings. The van der Waals surface area contributed by atoms with Gasteiger partial charge in [-0.2, -0.15) is 5.26 Å². The number of aromatic nitrogens is 1. The van der Waals surface area contributed by atoms with Gasteiger partial charge in [-0.1, -0.05) is 41.9 Å².